The Morgan fingerprint density at radius 2 is 1.64 bits per heavy atom. The fourth-order valence-electron chi connectivity index (χ4n) is 4.21. The molecule has 36 heavy (non-hydrogen) atoms. The summed E-state index contributed by atoms with van der Waals surface area (Å²) < 4.78 is 27.0. The lowest BCUT2D eigenvalue weighted by Gasteiger charge is -2.29. The lowest BCUT2D eigenvalue weighted by Crippen LogP contribution is -2.47. The second-order valence-electron chi connectivity index (χ2n) is 9.22. The second-order valence-corrected chi connectivity index (χ2v) is 11.6. The zero-order valence-electron chi connectivity index (χ0n) is 21.1. The predicted octanol–water partition coefficient (Wildman–Crippen LogP) is 4.39. The smallest absolute Gasteiger partial charge is 0.243 e. The number of aryl methyl sites for hydroxylation is 1. The molecule has 196 valence electrons. The highest BCUT2D eigenvalue weighted by atomic mass is 35.5. The van der Waals surface area contributed by atoms with Crippen molar-refractivity contribution in [1.29, 1.82) is 0 Å². The van der Waals surface area contributed by atoms with Gasteiger partial charge in [-0.3, -0.25) is 9.59 Å². The fraction of sp³-hybridized carbons (Fsp3) is 0.481. The molecule has 1 unspecified atom stereocenters. The molecule has 7 nitrogen and oxygen atoms in total. The normalized spacial score (nSPS) is 15.0. The molecule has 1 fully saturated rings. The summed E-state index contributed by atoms with van der Waals surface area (Å²) in [5.74, 6) is -0.320. The van der Waals surface area contributed by atoms with Crippen LogP contribution < -0.4 is 5.32 Å². The van der Waals surface area contributed by atoms with Crippen molar-refractivity contribution in [2.45, 2.75) is 69.9 Å². The first-order chi connectivity index (χ1) is 17.2. The Morgan fingerprint density at radius 1 is 1.03 bits per heavy atom. The molecule has 0 spiro atoms. The van der Waals surface area contributed by atoms with Gasteiger partial charge in [0.25, 0.3) is 0 Å². The van der Waals surface area contributed by atoms with Gasteiger partial charge in [-0.2, -0.15) is 4.31 Å². The van der Waals surface area contributed by atoms with Crippen LogP contribution in [0, 0.1) is 0 Å². The van der Waals surface area contributed by atoms with Gasteiger partial charge in [-0.05, 0) is 68.0 Å². The molecule has 1 N–H and O–H groups in total. The van der Waals surface area contributed by atoms with E-state index in [0.717, 1.165) is 36.8 Å². The molecular formula is C27H36ClN3O4S. The Kier molecular flexibility index (Phi) is 10.3. The molecule has 2 aromatic rings. The molecular weight excluding hydrogens is 498 g/mol. The van der Waals surface area contributed by atoms with Crippen molar-refractivity contribution in [1.82, 2.24) is 14.5 Å². The number of halogens is 1. The second kappa shape index (κ2) is 13.2. The van der Waals surface area contributed by atoms with Crippen LogP contribution in [0.1, 0.15) is 57.1 Å². The molecule has 0 saturated carbocycles. The Labute approximate surface area is 219 Å². The number of nitrogens with zero attached hydrogens (tertiary/aromatic N) is 2. The van der Waals surface area contributed by atoms with Crippen molar-refractivity contribution in [2.75, 3.05) is 19.6 Å². The molecule has 3 rings (SSSR count). The van der Waals surface area contributed by atoms with E-state index >= 15 is 0 Å². The number of sulfonamides is 1. The number of carbonyl (C=O) groups is 2. The summed E-state index contributed by atoms with van der Waals surface area (Å²) in [6.45, 7) is 5.80. The Hall–Kier alpha value is -2.42. The zero-order chi connectivity index (χ0) is 26.1. The molecule has 9 heteroatoms. The standard InChI is InChI=1S/C27H36ClN3O4S/c1-3-4-17-29-27(33)21(2)31(20-23-7-12-24(28)13-8-23)26(32)16-11-22-9-14-25(15-10-22)36(34,35)30-18-5-6-19-30/h7-10,12-15,21H,3-6,11,16-20H2,1-2H3,(H,29,33). The van der Waals surface area contributed by atoms with E-state index in [2.05, 4.69) is 12.2 Å². The molecule has 0 aromatic heterocycles. The van der Waals surface area contributed by atoms with Gasteiger partial charge in [0, 0.05) is 37.6 Å². The third kappa shape index (κ3) is 7.54. The van der Waals surface area contributed by atoms with Crippen molar-refractivity contribution < 1.29 is 18.0 Å². The van der Waals surface area contributed by atoms with Crippen LogP contribution in [-0.4, -0.2) is 55.1 Å². The van der Waals surface area contributed by atoms with Gasteiger partial charge in [0.05, 0.1) is 4.90 Å². The predicted molar refractivity (Wildman–Crippen MR) is 142 cm³/mol. The van der Waals surface area contributed by atoms with Gasteiger partial charge >= 0.3 is 0 Å². The van der Waals surface area contributed by atoms with Gasteiger partial charge in [0.2, 0.25) is 21.8 Å². The fourth-order valence-corrected chi connectivity index (χ4v) is 5.85. The third-order valence-electron chi connectivity index (χ3n) is 6.52. The minimum Gasteiger partial charge on any atom is -0.354 e. The average Bonchev–Trinajstić information content (AvgIpc) is 3.43. The summed E-state index contributed by atoms with van der Waals surface area (Å²) in [4.78, 5) is 27.9. The monoisotopic (exact) mass is 533 g/mol. The van der Waals surface area contributed by atoms with Gasteiger partial charge in [-0.25, -0.2) is 8.42 Å². The van der Waals surface area contributed by atoms with Crippen molar-refractivity contribution in [2.24, 2.45) is 0 Å². The molecule has 1 heterocycles. The van der Waals surface area contributed by atoms with Gasteiger partial charge in [-0.15, -0.1) is 0 Å². The van der Waals surface area contributed by atoms with E-state index in [9.17, 15) is 18.0 Å². The van der Waals surface area contributed by atoms with E-state index in [1.165, 1.54) is 4.31 Å². The number of benzene rings is 2. The molecule has 0 bridgehead atoms. The van der Waals surface area contributed by atoms with Crippen molar-refractivity contribution >= 4 is 33.4 Å². The topological polar surface area (TPSA) is 86.8 Å². The third-order valence-corrected chi connectivity index (χ3v) is 8.68. The lowest BCUT2D eigenvalue weighted by molar-refractivity contribution is -0.140. The number of nitrogens with one attached hydrogen (secondary N) is 1. The first kappa shape index (κ1) is 28.2. The van der Waals surface area contributed by atoms with Crippen LogP contribution in [0.15, 0.2) is 53.4 Å². The lowest BCUT2D eigenvalue weighted by atomic mass is 10.1. The van der Waals surface area contributed by atoms with Crippen molar-refractivity contribution in [3.63, 3.8) is 0 Å². The maximum Gasteiger partial charge on any atom is 0.243 e. The Balaban J connectivity index is 1.67. The Bertz CT molecular complexity index is 1110. The van der Waals surface area contributed by atoms with Crippen LogP contribution in [0.4, 0.5) is 0 Å². The van der Waals surface area contributed by atoms with E-state index in [-0.39, 0.29) is 23.1 Å². The maximum atomic E-state index is 13.3. The van der Waals surface area contributed by atoms with Crippen LogP contribution in [-0.2, 0) is 32.6 Å². The number of carbonyl (C=O) groups excluding carboxylic acids is 2. The van der Waals surface area contributed by atoms with Gasteiger partial charge in [0.15, 0.2) is 0 Å². The van der Waals surface area contributed by atoms with E-state index in [1.807, 2.05) is 12.1 Å². The van der Waals surface area contributed by atoms with Crippen LogP contribution in [0.5, 0.6) is 0 Å². The van der Waals surface area contributed by atoms with Crippen molar-refractivity contribution in [3.05, 3.63) is 64.7 Å². The molecule has 2 amide bonds. The minimum atomic E-state index is -3.46. The van der Waals surface area contributed by atoms with Crippen LogP contribution in [0.2, 0.25) is 5.02 Å². The summed E-state index contributed by atoms with van der Waals surface area (Å²) in [7, 11) is -3.46. The van der Waals surface area contributed by atoms with E-state index in [1.54, 1.807) is 48.2 Å². The molecule has 1 aliphatic heterocycles. The van der Waals surface area contributed by atoms with E-state index in [4.69, 9.17) is 11.6 Å². The Morgan fingerprint density at radius 3 is 2.25 bits per heavy atom. The van der Waals surface area contributed by atoms with Gasteiger partial charge < -0.3 is 10.2 Å². The van der Waals surface area contributed by atoms with Crippen LogP contribution in [0.3, 0.4) is 0 Å². The molecule has 2 aromatic carbocycles. The van der Waals surface area contributed by atoms with E-state index < -0.39 is 16.1 Å². The largest absolute Gasteiger partial charge is 0.354 e. The maximum absolute atomic E-state index is 13.3. The molecule has 1 atom stereocenters. The minimum absolute atomic E-state index is 0.142. The summed E-state index contributed by atoms with van der Waals surface area (Å²) in [6, 6.07) is 13.4. The molecule has 1 saturated heterocycles. The first-order valence-electron chi connectivity index (χ1n) is 12.6. The highest BCUT2D eigenvalue weighted by molar-refractivity contribution is 7.89. The SMILES string of the molecule is CCCCNC(=O)C(C)N(Cc1ccc(Cl)cc1)C(=O)CCc1ccc(S(=O)(=O)N2CCCC2)cc1. The summed E-state index contributed by atoms with van der Waals surface area (Å²) in [5, 5.41) is 3.52. The first-order valence-corrected chi connectivity index (χ1v) is 14.4. The number of amides is 2. The van der Waals surface area contributed by atoms with Crippen LogP contribution >= 0.6 is 11.6 Å². The number of unbranched alkanes of at least 4 members (excludes halogenated alkanes) is 1. The summed E-state index contributed by atoms with van der Waals surface area (Å²) in [6.07, 6.45) is 4.29. The average molecular weight is 534 g/mol. The number of hydrogen-bond donors (Lipinski definition) is 1. The molecule has 0 aliphatic carbocycles. The number of rotatable bonds is 12. The zero-order valence-corrected chi connectivity index (χ0v) is 22.7. The summed E-state index contributed by atoms with van der Waals surface area (Å²) in [5.41, 5.74) is 1.76. The van der Waals surface area contributed by atoms with Crippen LogP contribution in [0.25, 0.3) is 0 Å². The van der Waals surface area contributed by atoms with E-state index in [0.29, 0.717) is 37.6 Å². The number of hydrogen-bond acceptors (Lipinski definition) is 4. The molecule has 1 aliphatic rings. The highest BCUT2D eigenvalue weighted by Gasteiger charge is 2.28. The molecule has 0 radical (unpaired) electrons. The van der Waals surface area contributed by atoms with Gasteiger partial charge in [-0.1, -0.05) is 49.2 Å². The highest BCUT2D eigenvalue weighted by Crippen LogP contribution is 2.22. The quantitative estimate of drug-likeness (QED) is 0.410. The van der Waals surface area contributed by atoms with Gasteiger partial charge in [0.1, 0.15) is 6.04 Å². The van der Waals surface area contributed by atoms with Crippen molar-refractivity contribution in [3.8, 4) is 0 Å². The summed E-state index contributed by atoms with van der Waals surface area (Å²) >= 11 is 6.00.